The fourth-order valence-electron chi connectivity index (χ4n) is 5.05. The lowest BCUT2D eigenvalue weighted by atomic mass is 9.99. The van der Waals surface area contributed by atoms with Gasteiger partial charge in [0, 0.05) is 26.1 Å². The lowest BCUT2D eigenvalue weighted by molar-refractivity contribution is -0.117. The minimum atomic E-state index is -0.948. The van der Waals surface area contributed by atoms with Crippen LogP contribution < -0.4 is 20.3 Å². The molecule has 0 radical (unpaired) electrons. The SMILES string of the molecule is CCCc1cc(C(=O)N[C@@H](Cc2ccccc2)[C@@H](O)CNCc2cccc(OC)c2)c(F)c(N2CCCC2=O)c1. The van der Waals surface area contributed by atoms with Crippen molar-refractivity contribution in [2.75, 3.05) is 25.1 Å². The number of aliphatic hydroxyl groups is 1. The van der Waals surface area contributed by atoms with Crippen LogP contribution in [0.3, 0.4) is 0 Å². The van der Waals surface area contributed by atoms with Crippen LogP contribution in [0.5, 0.6) is 5.75 Å². The number of rotatable bonds is 13. The second-order valence-electron chi connectivity index (χ2n) is 10.2. The van der Waals surface area contributed by atoms with Crippen molar-refractivity contribution in [3.8, 4) is 5.75 Å². The highest BCUT2D eigenvalue weighted by molar-refractivity contribution is 6.00. The lowest BCUT2D eigenvalue weighted by Crippen LogP contribution is -2.49. The minimum absolute atomic E-state index is 0.116. The molecule has 212 valence electrons. The first-order valence-electron chi connectivity index (χ1n) is 13.9. The van der Waals surface area contributed by atoms with Crippen molar-refractivity contribution in [2.45, 2.75) is 57.7 Å². The van der Waals surface area contributed by atoms with Gasteiger partial charge in [0.2, 0.25) is 5.91 Å². The van der Waals surface area contributed by atoms with Crippen LogP contribution in [-0.4, -0.2) is 49.3 Å². The van der Waals surface area contributed by atoms with E-state index in [2.05, 4.69) is 10.6 Å². The zero-order chi connectivity index (χ0) is 28.5. The van der Waals surface area contributed by atoms with E-state index >= 15 is 4.39 Å². The number of carbonyl (C=O) groups is 2. The predicted octanol–water partition coefficient (Wildman–Crippen LogP) is 4.41. The second kappa shape index (κ2) is 14.1. The van der Waals surface area contributed by atoms with Gasteiger partial charge < -0.3 is 25.4 Å². The van der Waals surface area contributed by atoms with Crippen LogP contribution in [0, 0.1) is 5.82 Å². The number of aliphatic hydroxyl groups excluding tert-OH is 1. The highest BCUT2D eigenvalue weighted by atomic mass is 19.1. The van der Waals surface area contributed by atoms with Gasteiger partial charge in [-0.2, -0.15) is 0 Å². The summed E-state index contributed by atoms with van der Waals surface area (Å²) < 4.78 is 21.0. The van der Waals surface area contributed by atoms with Gasteiger partial charge in [0.15, 0.2) is 5.82 Å². The highest BCUT2D eigenvalue weighted by Gasteiger charge is 2.29. The van der Waals surface area contributed by atoms with Gasteiger partial charge in [-0.25, -0.2) is 4.39 Å². The summed E-state index contributed by atoms with van der Waals surface area (Å²) in [7, 11) is 1.61. The van der Waals surface area contributed by atoms with Gasteiger partial charge in [0.05, 0.1) is 30.5 Å². The Morgan fingerprint density at radius 3 is 2.55 bits per heavy atom. The molecular weight excluding hydrogens is 509 g/mol. The lowest BCUT2D eigenvalue weighted by Gasteiger charge is -2.26. The summed E-state index contributed by atoms with van der Waals surface area (Å²) in [5.41, 5.74) is 2.76. The van der Waals surface area contributed by atoms with E-state index in [1.54, 1.807) is 19.2 Å². The number of anilines is 1. The molecule has 1 fully saturated rings. The zero-order valence-corrected chi connectivity index (χ0v) is 23.2. The third kappa shape index (κ3) is 7.46. The molecule has 0 aromatic heterocycles. The number of hydrogen-bond donors (Lipinski definition) is 3. The minimum Gasteiger partial charge on any atom is -0.497 e. The van der Waals surface area contributed by atoms with Gasteiger partial charge in [0.1, 0.15) is 5.75 Å². The molecule has 3 N–H and O–H groups in total. The number of carbonyl (C=O) groups excluding carboxylic acids is 2. The number of nitrogens with one attached hydrogen (secondary N) is 2. The molecular formula is C32H38FN3O4. The Bertz CT molecular complexity index is 1300. The van der Waals surface area contributed by atoms with Crippen LogP contribution in [-0.2, 0) is 24.2 Å². The summed E-state index contributed by atoms with van der Waals surface area (Å²) in [5, 5.41) is 17.3. The van der Waals surface area contributed by atoms with Gasteiger partial charge in [-0.3, -0.25) is 9.59 Å². The Morgan fingerprint density at radius 2 is 1.85 bits per heavy atom. The fourth-order valence-corrected chi connectivity index (χ4v) is 5.05. The molecule has 3 aromatic carbocycles. The number of nitrogens with zero attached hydrogens (tertiary/aromatic N) is 1. The number of amides is 2. The molecule has 2 atom stereocenters. The first kappa shape index (κ1) is 29.2. The standard InChI is InChI=1S/C32H38FN3O4/c1-3-9-23-17-26(31(33)28(19-23)36-15-8-14-30(36)38)32(39)35-27(18-22-10-5-4-6-11-22)29(37)21-34-20-24-12-7-13-25(16-24)40-2/h4-7,10-13,16-17,19,27,29,34,37H,3,8-9,14-15,18,20-21H2,1-2H3,(H,35,39)/t27-,29-/m0/s1. The summed E-state index contributed by atoms with van der Waals surface area (Å²) in [6.45, 7) is 3.15. The summed E-state index contributed by atoms with van der Waals surface area (Å²) in [6, 6.07) is 19.7. The molecule has 0 saturated carbocycles. The maximum Gasteiger partial charge on any atom is 0.254 e. The molecule has 1 aliphatic rings. The predicted molar refractivity (Wildman–Crippen MR) is 154 cm³/mol. The highest BCUT2D eigenvalue weighted by Crippen LogP contribution is 2.29. The van der Waals surface area contributed by atoms with Crippen molar-refractivity contribution in [3.05, 3.63) is 94.8 Å². The smallest absolute Gasteiger partial charge is 0.254 e. The third-order valence-electron chi connectivity index (χ3n) is 7.16. The molecule has 40 heavy (non-hydrogen) atoms. The number of aryl methyl sites for hydroxylation is 1. The molecule has 8 heteroatoms. The summed E-state index contributed by atoms with van der Waals surface area (Å²) >= 11 is 0. The van der Waals surface area contributed by atoms with Crippen LogP contribution in [0.2, 0.25) is 0 Å². The number of hydrogen-bond acceptors (Lipinski definition) is 5. The average molecular weight is 548 g/mol. The van der Waals surface area contributed by atoms with E-state index in [4.69, 9.17) is 4.74 Å². The molecule has 7 nitrogen and oxygen atoms in total. The van der Waals surface area contributed by atoms with Gasteiger partial charge in [0.25, 0.3) is 5.91 Å². The Kier molecular flexibility index (Phi) is 10.3. The maximum absolute atomic E-state index is 15.8. The molecule has 3 aromatic rings. The van der Waals surface area contributed by atoms with Gasteiger partial charge in [-0.05, 0) is 60.2 Å². The summed E-state index contributed by atoms with van der Waals surface area (Å²) in [6.07, 6.45) is 1.91. The first-order valence-corrected chi connectivity index (χ1v) is 13.9. The molecule has 0 aliphatic carbocycles. The number of methoxy groups -OCH3 is 1. The Morgan fingerprint density at radius 1 is 1.07 bits per heavy atom. The van der Waals surface area contributed by atoms with E-state index in [0.29, 0.717) is 38.8 Å². The summed E-state index contributed by atoms with van der Waals surface area (Å²) in [4.78, 5) is 27.4. The molecule has 1 heterocycles. The van der Waals surface area contributed by atoms with E-state index in [1.807, 2.05) is 61.5 Å². The van der Waals surface area contributed by atoms with E-state index < -0.39 is 23.9 Å². The van der Waals surface area contributed by atoms with Crippen molar-refractivity contribution in [2.24, 2.45) is 0 Å². The number of ether oxygens (including phenoxy) is 1. The third-order valence-corrected chi connectivity index (χ3v) is 7.16. The topological polar surface area (TPSA) is 90.9 Å². The van der Waals surface area contributed by atoms with E-state index in [-0.39, 0.29) is 23.7 Å². The molecule has 0 unspecified atom stereocenters. The van der Waals surface area contributed by atoms with Gasteiger partial charge >= 0.3 is 0 Å². The quantitative estimate of drug-likeness (QED) is 0.295. The van der Waals surface area contributed by atoms with E-state index in [0.717, 1.165) is 28.9 Å². The number of benzene rings is 3. The van der Waals surface area contributed by atoms with Crippen LogP contribution >= 0.6 is 0 Å². The average Bonchev–Trinajstić information content (AvgIpc) is 3.39. The molecule has 0 spiro atoms. The Labute approximate surface area is 235 Å². The van der Waals surface area contributed by atoms with Crippen LogP contribution in [0.25, 0.3) is 0 Å². The molecule has 2 amide bonds. The normalized spacial score (nSPS) is 14.7. The number of halogens is 1. The second-order valence-corrected chi connectivity index (χ2v) is 10.2. The first-order chi connectivity index (χ1) is 19.4. The van der Waals surface area contributed by atoms with Crippen molar-refractivity contribution in [1.29, 1.82) is 0 Å². The van der Waals surface area contributed by atoms with Crippen molar-refractivity contribution in [3.63, 3.8) is 0 Å². The Balaban J connectivity index is 1.53. The van der Waals surface area contributed by atoms with Gasteiger partial charge in [-0.1, -0.05) is 55.8 Å². The maximum atomic E-state index is 15.8. The van der Waals surface area contributed by atoms with Crippen LogP contribution in [0.4, 0.5) is 10.1 Å². The van der Waals surface area contributed by atoms with Gasteiger partial charge in [-0.15, -0.1) is 0 Å². The van der Waals surface area contributed by atoms with Crippen LogP contribution in [0.1, 0.15) is 53.2 Å². The monoisotopic (exact) mass is 547 g/mol. The fraction of sp³-hybridized carbons (Fsp3) is 0.375. The Hall–Kier alpha value is -3.75. The molecule has 4 rings (SSSR count). The van der Waals surface area contributed by atoms with Crippen molar-refractivity contribution in [1.82, 2.24) is 10.6 Å². The van der Waals surface area contributed by atoms with Crippen molar-refractivity contribution >= 4 is 17.5 Å². The van der Waals surface area contributed by atoms with Crippen molar-refractivity contribution < 1.29 is 23.8 Å². The van der Waals surface area contributed by atoms with Crippen LogP contribution in [0.15, 0.2) is 66.7 Å². The molecule has 1 aliphatic heterocycles. The van der Waals surface area contributed by atoms with E-state index in [9.17, 15) is 14.7 Å². The van der Waals surface area contributed by atoms with E-state index in [1.165, 1.54) is 4.90 Å². The summed E-state index contributed by atoms with van der Waals surface area (Å²) in [5.74, 6) is -0.720. The zero-order valence-electron chi connectivity index (χ0n) is 23.2. The largest absolute Gasteiger partial charge is 0.497 e. The molecule has 0 bridgehead atoms. The molecule has 1 saturated heterocycles.